The van der Waals surface area contributed by atoms with E-state index in [2.05, 4.69) is 26.4 Å². The molecule has 2 saturated carbocycles. The van der Waals surface area contributed by atoms with E-state index in [1.54, 1.807) is 12.1 Å². The highest BCUT2D eigenvalue weighted by Crippen LogP contribution is 2.44. The molecule has 2 heterocycles. The molecule has 4 rings (SSSR count). The number of nitrogens with zero attached hydrogens (tertiary/aromatic N) is 2. The number of sulfonamides is 1. The van der Waals surface area contributed by atoms with Gasteiger partial charge in [-0.3, -0.25) is 0 Å². The molecular weight excluding hydrogens is 402 g/mol. The van der Waals surface area contributed by atoms with Gasteiger partial charge in [0.1, 0.15) is 10.7 Å². The van der Waals surface area contributed by atoms with E-state index in [0.29, 0.717) is 17.3 Å². The molecule has 2 unspecified atom stereocenters. The topological polar surface area (TPSA) is 62.3 Å². The number of thioether (sulfide) groups is 1. The van der Waals surface area contributed by atoms with E-state index in [1.807, 2.05) is 6.92 Å². The first-order valence-electron chi connectivity index (χ1n) is 9.89. The summed E-state index contributed by atoms with van der Waals surface area (Å²) in [5.74, 6) is 1.89. The second kappa shape index (κ2) is 7.73. The van der Waals surface area contributed by atoms with Crippen molar-refractivity contribution in [1.29, 1.82) is 0 Å². The molecule has 3 aliphatic rings. The maximum absolute atomic E-state index is 13.0. The summed E-state index contributed by atoms with van der Waals surface area (Å²) in [7, 11) is -3.60. The van der Waals surface area contributed by atoms with Gasteiger partial charge in [-0.05, 0) is 44.2 Å². The lowest BCUT2D eigenvalue weighted by Gasteiger charge is -2.45. The molecule has 150 valence electrons. The predicted molar refractivity (Wildman–Crippen MR) is 112 cm³/mol. The highest BCUT2D eigenvalue weighted by molar-refractivity contribution is 8.00. The van der Waals surface area contributed by atoms with Crippen LogP contribution >= 0.6 is 23.4 Å². The third kappa shape index (κ3) is 4.41. The van der Waals surface area contributed by atoms with Crippen molar-refractivity contribution in [3.05, 3.63) is 17.8 Å². The zero-order valence-corrected chi connectivity index (χ0v) is 18.2. The fourth-order valence-corrected chi connectivity index (χ4v) is 7.35. The Morgan fingerprint density at radius 1 is 1.33 bits per heavy atom. The Labute approximate surface area is 171 Å². The van der Waals surface area contributed by atoms with Crippen molar-refractivity contribution in [2.24, 2.45) is 5.92 Å². The zero-order chi connectivity index (χ0) is 19.1. The van der Waals surface area contributed by atoms with Crippen LogP contribution in [0.15, 0.2) is 17.0 Å². The standard InChI is InChI=1S/C19H28ClN3O2S2/c1-14-5-6-17(27(24,25)21-12-15-11-16(15)20)18(22-14)23-9-10-26-19(13-23)7-3-2-4-8-19/h5-6,15-16,21H,2-4,7-13H2,1H3. The summed E-state index contributed by atoms with van der Waals surface area (Å²) in [6.07, 6.45) is 7.19. The predicted octanol–water partition coefficient (Wildman–Crippen LogP) is 3.55. The molecule has 2 aliphatic carbocycles. The lowest BCUT2D eigenvalue weighted by Crippen LogP contribution is -2.48. The van der Waals surface area contributed by atoms with E-state index < -0.39 is 10.0 Å². The van der Waals surface area contributed by atoms with Gasteiger partial charge in [0.25, 0.3) is 0 Å². The van der Waals surface area contributed by atoms with Crippen LogP contribution in [0.3, 0.4) is 0 Å². The van der Waals surface area contributed by atoms with E-state index in [0.717, 1.165) is 31.0 Å². The smallest absolute Gasteiger partial charge is 0.244 e. The first kappa shape index (κ1) is 19.8. The van der Waals surface area contributed by atoms with Crippen molar-refractivity contribution >= 4 is 39.2 Å². The summed E-state index contributed by atoms with van der Waals surface area (Å²) in [4.78, 5) is 7.19. The number of hydrogen-bond donors (Lipinski definition) is 1. The fraction of sp³-hybridized carbons (Fsp3) is 0.737. The minimum absolute atomic E-state index is 0.105. The second-order valence-corrected chi connectivity index (χ2v) is 12.0. The summed E-state index contributed by atoms with van der Waals surface area (Å²) in [6, 6.07) is 3.50. The summed E-state index contributed by atoms with van der Waals surface area (Å²) < 4.78 is 29.0. The molecule has 3 fully saturated rings. The first-order chi connectivity index (χ1) is 12.9. The van der Waals surface area contributed by atoms with Crippen molar-refractivity contribution < 1.29 is 8.42 Å². The van der Waals surface area contributed by atoms with Crippen LogP contribution in [0.1, 0.15) is 44.2 Å². The van der Waals surface area contributed by atoms with Crippen molar-refractivity contribution in [2.75, 3.05) is 30.3 Å². The third-order valence-corrected chi connectivity index (χ3v) is 9.47. The van der Waals surface area contributed by atoms with E-state index in [1.165, 1.54) is 32.1 Å². The SMILES string of the molecule is Cc1ccc(S(=O)(=O)NCC2CC2Cl)c(N2CCSC3(CCCCC3)C2)n1. The Morgan fingerprint density at radius 2 is 2.07 bits per heavy atom. The average Bonchev–Trinajstić information content (AvgIpc) is 3.36. The van der Waals surface area contributed by atoms with Gasteiger partial charge >= 0.3 is 0 Å². The van der Waals surface area contributed by atoms with Crippen molar-refractivity contribution in [1.82, 2.24) is 9.71 Å². The van der Waals surface area contributed by atoms with Crippen LogP contribution in [0, 0.1) is 12.8 Å². The maximum atomic E-state index is 13.0. The van der Waals surface area contributed by atoms with Gasteiger partial charge in [-0.1, -0.05) is 19.3 Å². The van der Waals surface area contributed by atoms with Crippen molar-refractivity contribution in [3.8, 4) is 0 Å². The summed E-state index contributed by atoms with van der Waals surface area (Å²) in [5.41, 5.74) is 0.850. The molecule has 1 aliphatic heterocycles. The van der Waals surface area contributed by atoms with Gasteiger partial charge in [-0.2, -0.15) is 11.8 Å². The lowest BCUT2D eigenvalue weighted by atomic mass is 9.87. The Kier molecular flexibility index (Phi) is 5.67. The molecule has 2 atom stereocenters. The van der Waals surface area contributed by atoms with E-state index in [4.69, 9.17) is 11.6 Å². The molecule has 0 aromatic carbocycles. The van der Waals surface area contributed by atoms with Crippen LogP contribution in [0.2, 0.25) is 0 Å². The molecule has 0 bridgehead atoms. The number of aromatic nitrogens is 1. The molecule has 0 amide bonds. The lowest BCUT2D eigenvalue weighted by molar-refractivity contribution is 0.389. The number of anilines is 1. The molecule has 1 N–H and O–H groups in total. The van der Waals surface area contributed by atoms with Crippen LogP contribution in [-0.4, -0.2) is 48.9 Å². The number of hydrogen-bond acceptors (Lipinski definition) is 5. The maximum Gasteiger partial charge on any atom is 0.244 e. The normalized spacial score (nSPS) is 27.7. The minimum atomic E-state index is -3.60. The number of aryl methyl sites for hydroxylation is 1. The molecule has 1 saturated heterocycles. The monoisotopic (exact) mass is 429 g/mol. The van der Waals surface area contributed by atoms with Crippen LogP contribution < -0.4 is 9.62 Å². The number of nitrogens with one attached hydrogen (secondary N) is 1. The minimum Gasteiger partial charge on any atom is -0.353 e. The van der Waals surface area contributed by atoms with Crippen LogP contribution in [0.5, 0.6) is 0 Å². The highest BCUT2D eigenvalue weighted by atomic mass is 35.5. The molecule has 1 aromatic heterocycles. The van der Waals surface area contributed by atoms with Crippen molar-refractivity contribution in [2.45, 2.75) is 60.5 Å². The Hall–Kier alpha value is -0.500. The zero-order valence-electron chi connectivity index (χ0n) is 15.8. The van der Waals surface area contributed by atoms with Gasteiger partial charge in [0, 0.05) is 41.2 Å². The molecule has 8 heteroatoms. The van der Waals surface area contributed by atoms with Gasteiger partial charge in [0.05, 0.1) is 0 Å². The van der Waals surface area contributed by atoms with Gasteiger partial charge in [-0.15, -0.1) is 11.6 Å². The quantitative estimate of drug-likeness (QED) is 0.725. The molecule has 5 nitrogen and oxygen atoms in total. The third-order valence-electron chi connectivity index (χ3n) is 5.95. The van der Waals surface area contributed by atoms with Gasteiger partial charge in [0.2, 0.25) is 10.0 Å². The van der Waals surface area contributed by atoms with Gasteiger partial charge in [-0.25, -0.2) is 18.1 Å². The Balaban J connectivity index is 1.59. The number of pyridine rings is 1. The van der Waals surface area contributed by atoms with Crippen LogP contribution in [0.25, 0.3) is 0 Å². The first-order valence-corrected chi connectivity index (χ1v) is 12.8. The fourth-order valence-electron chi connectivity index (χ4n) is 4.21. The number of alkyl halides is 1. The summed E-state index contributed by atoms with van der Waals surface area (Å²) in [6.45, 7) is 4.06. The second-order valence-electron chi connectivity index (χ2n) is 8.15. The van der Waals surface area contributed by atoms with E-state index in [9.17, 15) is 8.42 Å². The molecule has 0 radical (unpaired) electrons. The van der Waals surface area contributed by atoms with Gasteiger partial charge in [0.15, 0.2) is 0 Å². The number of rotatable bonds is 5. The Bertz CT molecular complexity index is 791. The van der Waals surface area contributed by atoms with Gasteiger partial charge < -0.3 is 4.90 Å². The van der Waals surface area contributed by atoms with Crippen molar-refractivity contribution in [3.63, 3.8) is 0 Å². The molecule has 1 spiro atoms. The molecular formula is C19H28ClN3O2S2. The summed E-state index contributed by atoms with van der Waals surface area (Å²) >= 11 is 8.10. The van der Waals surface area contributed by atoms with E-state index >= 15 is 0 Å². The molecule has 1 aromatic rings. The Morgan fingerprint density at radius 3 is 2.78 bits per heavy atom. The molecule has 27 heavy (non-hydrogen) atoms. The largest absolute Gasteiger partial charge is 0.353 e. The summed E-state index contributed by atoms with van der Waals surface area (Å²) in [5, 5.41) is 0.105. The van der Waals surface area contributed by atoms with E-state index in [-0.39, 0.29) is 16.0 Å². The highest BCUT2D eigenvalue weighted by Gasteiger charge is 2.40. The van der Waals surface area contributed by atoms with Crippen LogP contribution in [-0.2, 0) is 10.0 Å². The number of halogens is 1. The average molecular weight is 430 g/mol. The van der Waals surface area contributed by atoms with Crippen LogP contribution in [0.4, 0.5) is 5.82 Å².